The zero-order valence-electron chi connectivity index (χ0n) is 13.8. The molecular formula is C17H23N3O2S. The summed E-state index contributed by atoms with van der Waals surface area (Å²) in [6.07, 6.45) is 0.768. The first-order chi connectivity index (χ1) is 11.1. The van der Waals surface area contributed by atoms with Gasteiger partial charge in [-0.1, -0.05) is 18.2 Å². The number of para-hydroxylation sites is 1. The van der Waals surface area contributed by atoms with E-state index in [0.29, 0.717) is 19.7 Å². The molecule has 1 aromatic carbocycles. The maximum Gasteiger partial charge on any atom is 0.317 e. The number of aromatic nitrogens is 1. The van der Waals surface area contributed by atoms with Crippen molar-refractivity contribution in [2.75, 3.05) is 20.2 Å². The summed E-state index contributed by atoms with van der Waals surface area (Å²) in [7, 11) is 1.77. The maximum absolute atomic E-state index is 12.0. The van der Waals surface area contributed by atoms with Crippen molar-refractivity contribution >= 4 is 17.4 Å². The molecule has 0 aliphatic rings. The molecule has 5 nitrogen and oxygen atoms in total. The molecule has 0 bridgehead atoms. The number of benzene rings is 1. The van der Waals surface area contributed by atoms with E-state index >= 15 is 0 Å². The van der Waals surface area contributed by atoms with Gasteiger partial charge in [-0.3, -0.25) is 0 Å². The lowest BCUT2D eigenvalue weighted by atomic mass is 10.2. The monoisotopic (exact) mass is 333 g/mol. The smallest absolute Gasteiger partial charge is 0.317 e. The molecule has 0 radical (unpaired) electrons. The van der Waals surface area contributed by atoms with Crippen molar-refractivity contribution < 1.29 is 9.53 Å². The summed E-state index contributed by atoms with van der Waals surface area (Å²) >= 11 is 1.57. The zero-order chi connectivity index (χ0) is 16.7. The number of nitrogens with one attached hydrogen (secondary N) is 1. The minimum absolute atomic E-state index is 0.0891. The second kappa shape index (κ2) is 8.53. The Balaban J connectivity index is 1.63. The van der Waals surface area contributed by atoms with Crippen molar-refractivity contribution in [1.29, 1.82) is 0 Å². The van der Waals surface area contributed by atoms with Crippen LogP contribution in [0.4, 0.5) is 4.79 Å². The van der Waals surface area contributed by atoms with E-state index in [1.807, 2.05) is 43.5 Å². The second-order valence-corrected chi connectivity index (χ2v) is 6.38. The SMILES string of the molecule is Cc1csc(CN(C)C(=O)NCCCOc2ccccc2C)n1. The number of nitrogens with zero attached hydrogens (tertiary/aromatic N) is 2. The van der Waals surface area contributed by atoms with Crippen molar-refractivity contribution in [3.63, 3.8) is 0 Å². The van der Waals surface area contributed by atoms with Crippen molar-refractivity contribution in [2.45, 2.75) is 26.8 Å². The van der Waals surface area contributed by atoms with Gasteiger partial charge in [0.1, 0.15) is 10.8 Å². The fraction of sp³-hybridized carbons (Fsp3) is 0.412. The van der Waals surface area contributed by atoms with E-state index < -0.39 is 0 Å². The molecule has 0 aliphatic carbocycles. The number of rotatable bonds is 7. The van der Waals surface area contributed by atoms with Gasteiger partial charge in [-0.15, -0.1) is 11.3 Å². The molecule has 0 spiro atoms. The number of ether oxygens (including phenoxy) is 1. The molecule has 0 fully saturated rings. The van der Waals surface area contributed by atoms with Crippen LogP contribution in [-0.4, -0.2) is 36.1 Å². The topological polar surface area (TPSA) is 54.5 Å². The molecule has 23 heavy (non-hydrogen) atoms. The van der Waals surface area contributed by atoms with Crippen LogP contribution in [0.1, 0.15) is 22.7 Å². The third-order valence-electron chi connectivity index (χ3n) is 3.33. The van der Waals surface area contributed by atoms with Gasteiger partial charge in [0.15, 0.2) is 0 Å². The highest BCUT2D eigenvalue weighted by molar-refractivity contribution is 7.09. The van der Waals surface area contributed by atoms with Crippen LogP contribution in [0.2, 0.25) is 0 Å². The van der Waals surface area contributed by atoms with Gasteiger partial charge in [0, 0.05) is 24.7 Å². The molecule has 124 valence electrons. The molecule has 1 heterocycles. The Kier molecular flexibility index (Phi) is 6.40. The first-order valence-electron chi connectivity index (χ1n) is 7.64. The van der Waals surface area contributed by atoms with E-state index in [4.69, 9.17) is 4.74 Å². The molecule has 0 aliphatic heterocycles. The molecule has 0 saturated heterocycles. The van der Waals surface area contributed by atoms with E-state index in [1.165, 1.54) is 0 Å². The summed E-state index contributed by atoms with van der Waals surface area (Å²) in [4.78, 5) is 18.0. The number of thiazole rings is 1. The number of carbonyl (C=O) groups is 1. The standard InChI is InChI=1S/C17H23N3O2S/c1-13-7-4-5-8-15(13)22-10-6-9-18-17(21)20(3)11-16-19-14(2)12-23-16/h4-5,7-8,12H,6,9-11H2,1-3H3,(H,18,21). The molecule has 6 heteroatoms. The molecule has 0 atom stereocenters. The average Bonchev–Trinajstić information content (AvgIpc) is 2.93. The summed E-state index contributed by atoms with van der Waals surface area (Å²) in [6, 6.07) is 7.83. The van der Waals surface area contributed by atoms with Gasteiger partial charge >= 0.3 is 6.03 Å². The zero-order valence-corrected chi connectivity index (χ0v) is 14.7. The van der Waals surface area contributed by atoms with Gasteiger partial charge in [-0.2, -0.15) is 0 Å². The van der Waals surface area contributed by atoms with Crippen molar-refractivity contribution in [3.05, 3.63) is 45.9 Å². The summed E-state index contributed by atoms with van der Waals surface area (Å²) in [5.41, 5.74) is 2.11. The van der Waals surface area contributed by atoms with Crippen molar-refractivity contribution in [2.24, 2.45) is 0 Å². The molecular weight excluding hydrogens is 310 g/mol. The number of hydrogen-bond acceptors (Lipinski definition) is 4. The number of carbonyl (C=O) groups excluding carboxylic acids is 1. The lowest BCUT2D eigenvalue weighted by molar-refractivity contribution is 0.205. The largest absolute Gasteiger partial charge is 0.493 e. The first kappa shape index (κ1) is 17.3. The van der Waals surface area contributed by atoms with Crippen LogP contribution in [0.5, 0.6) is 5.75 Å². The van der Waals surface area contributed by atoms with Crippen LogP contribution in [0.3, 0.4) is 0 Å². The van der Waals surface area contributed by atoms with Crippen molar-refractivity contribution in [1.82, 2.24) is 15.2 Å². The summed E-state index contributed by atoms with van der Waals surface area (Å²) in [5.74, 6) is 0.898. The Hall–Kier alpha value is -2.08. The molecule has 2 rings (SSSR count). The molecule has 2 aromatic rings. The van der Waals surface area contributed by atoms with Gasteiger partial charge in [0.25, 0.3) is 0 Å². The minimum atomic E-state index is -0.0891. The average molecular weight is 333 g/mol. The molecule has 2 amide bonds. The molecule has 0 unspecified atom stereocenters. The number of hydrogen-bond donors (Lipinski definition) is 1. The van der Waals surface area contributed by atoms with E-state index in [-0.39, 0.29) is 6.03 Å². The number of amides is 2. The Morgan fingerprint density at radius 3 is 2.83 bits per heavy atom. The van der Waals surface area contributed by atoms with Gasteiger partial charge < -0.3 is 15.0 Å². The summed E-state index contributed by atoms with van der Waals surface area (Å²) in [5, 5.41) is 5.83. The van der Waals surface area contributed by atoms with E-state index in [2.05, 4.69) is 10.3 Å². The molecule has 1 aromatic heterocycles. The fourth-order valence-electron chi connectivity index (χ4n) is 2.05. The fourth-order valence-corrected chi connectivity index (χ4v) is 2.88. The Bertz CT molecular complexity index is 642. The van der Waals surface area contributed by atoms with Crippen molar-refractivity contribution in [3.8, 4) is 5.75 Å². The van der Waals surface area contributed by atoms with Crippen LogP contribution >= 0.6 is 11.3 Å². The predicted octanol–water partition coefficient (Wildman–Crippen LogP) is 3.37. The Labute approximate surface area is 141 Å². The molecule has 1 N–H and O–H groups in total. The molecule has 0 saturated carbocycles. The lowest BCUT2D eigenvalue weighted by Gasteiger charge is -2.16. The second-order valence-electron chi connectivity index (χ2n) is 5.44. The number of aryl methyl sites for hydroxylation is 2. The summed E-state index contributed by atoms with van der Waals surface area (Å²) in [6.45, 7) is 5.68. The predicted molar refractivity (Wildman–Crippen MR) is 93.0 cm³/mol. The first-order valence-corrected chi connectivity index (χ1v) is 8.52. The summed E-state index contributed by atoms with van der Waals surface area (Å²) < 4.78 is 5.70. The maximum atomic E-state index is 12.0. The number of urea groups is 1. The highest BCUT2D eigenvalue weighted by Gasteiger charge is 2.10. The van der Waals surface area contributed by atoms with Gasteiger partial charge in [0.2, 0.25) is 0 Å². The van der Waals surface area contributed by atoms with Crippen LogP contribution in [0.15, 0.2) is 29.6 Å². The highest BCUT2D eigenvalue weighted by atomic mass is 32.1. The van der Waals surface area contributed by atoms with Crippen LogP contribution in [0, 0.1) is 13.8 Å². The third-order valence-corrected chi connectivity index (χ3v) is 4.29. The van der Waals surface area contributed by atoms with E-state index in [1.54, 1.807) is 23.3 Å². The minimum Gasteiger partial charge on any atom is -0.493 e. The van der Waals surface area contributed by atoms with Gasteiger partial charge in [-0.25, -0.2) is 9.78 Å². The third kappa shape index (κ3) is 5.56. The van der Waals surface area contributed by atoms with Gasteiger partial charge in [-0.05, 0) is 31.9 Å². The van der Waals surface area contributed by atoms with E-state index in [0.717, 1.165) is 28.4 Å². The normalized spacial score (nSPS) is 10.4. The Morgan fingerprint density at radius 1 is 1.35 bits per heavy atom. The van der Waals surface area contributed by atoms with Crippen LogP contribution < -0.4 is 10.1 Å². The van der Waals surface area contributed by atoms with Crippen LogP contribution in [0.25, 0.3) is 0 Å². The quantitative estimate of drug-likeness (QED) is 0.790. The Morgan fingerprint density at radius 2 is 2.13 bits per heavy atom. The lowest BCUT2D eigenvalue weighted by Crippen LogP contribution is -2.37. The van der Waals surface area contributed by atoms with Gasteiger partial charge in [0.05, 0.1) is 13.2 Å². The van der Waals surface area contributed by atoms with E-state index in [9.17, 15) is 4.79 Å². The van der Waals surface area contributed by atoms with Crippen LogP contribution in [-0.2, 0) is 6.54 Å². The highest BCUT2D eigenvalue weighted by Crippen LogP contribution is 2.16.